The van der Waals surface area contributed by atoms with Crippen molar-refractivity contribution < 1.29 is 71.4 Å². The topological polar surface area (TPSA) is 225 Å². The smallest absolute Gasteiger partial charge is 0.463 e. The molecule has 0 amide bonds. The highest BCUT2D eigenvalue weighted by molar-refractivity contribution is 7.47. The van der Waals surface area contributed by atoms with Crippen LogP contribution in [-0.4, -0.2) is 95.0 Å². The van der Waals surface area contributed by atoms with Crippen LogP contribution in [0.5, 0.6) is 0 Å². The number of carbonyl (C=O) groups excluding carboxylic acids is 2. The number of hydrogen-bond donors (Lipinski definition) is 5. The lowest BCUT2D eigenvalue weighted by atomic mass is 10.1. The fraction of sp³-hybridized carbons (Fsp3) is 0.702. The molecule has 370 valence electrons. The van der Waals surface area contributed by atoms with Gasteiger partial charge in [-0.25, -0.2) is 9.13 Å². The van der Waals surface area contributed by atoms with Crippen molar-refractivity contribution >= 4 is 27.6 Å². The van der Waals surface area contributed by atoms with Gasteiger partial charge in [-0.2, -0.15) is 0 Å². The second-order valence-electron chi connectivity index (χ2n) is 15.5. The van der Waals surface area contributed by atoms with Crippen molar-refractivity contribution in [3.8, 4) is 0 Å². The largest absolute Gasteiger partial charge is 0.472 e. The van der Waals surface area contributed by atoms with Crippen LogP contribution in [0.4, 0.5) is 0 Å². The maximum Gasteiger partial charge on any atom is 0.472 e. The fourth-order valence-electron chi connectivity index (χ4n) is 5.65. The first-order valence-electron chi connectivity index (χ1n) is 23.4. The molecule has 0 aromatic heterocycles. The molecule has 5 atom stereocenters. The molecule has 0 heterocycles. The SMILES string of the molecule is CC/C=C/C=C/C=C\C=C/C=C/CCCC(=O)OCC(O)COP(=O)(O)OCC(O)COP(=O)(O)OCC(O)COC(=O)CCCCCCCCCCC/C=C/CCCCCCCC. The predicted molar refractivity (Wildman–Crippen MR) is 251 cm³/mol. The van der Waals surface area contributed by atoms with Crippen LogP contribution in [0.25, 0.3) is 0 Å². The van der Waals surface area contributed by atoms with Gasteiger partial charge in [0.15, 0.2) is 0 Å². The Morgan fingerprint density at radius 2 is 0.750 bits per heavy atom. The van der Waals surface area contributed by atoms with E-state index in [1.54, 1.807) is 0 Å². The second kappa shape index (κ2) is 43.1. The van der Waals surface area contributed by atoms with Crippen molar-refractivity contribution in [2.24, 2.45) is 0 Å². The molecule has 0 bridgehead atoms. The lowest BCUT2D eigenvalue weighted by molar-refractivity contribution is -0.148. The summed E-state index contributed by atoms with van der Waals surface area (Å²) >= 11 is 0. The molecule has 17 heteroatoms. The molecule has 0 aliphatic heterocycles. The Hall–Kier alpha value is -2.52. The molecule has 0 saturated carbocycles. The molecule has 5 N–H and O–H groups in total. The van der Waals surface area contributed by atoms with Crippen LogP contribution in [0.1, 0.15) is 155 Å². The van der Waals surface area contributed by atoms with Gasteiger partial charge in [0.1, 0.15) is 31.5 Å². The summed E-state index contributed by atoms with van der Waals surface area (Å²) in [6.45, 7) is 0.162. The molecule has 0 aromatic rings. The molecule has 0 aliphatic rings. The minimum absolute atomic E-state index is 0.0970. The lowest BCUT2D eigenvalue weighted by Gasteiger charge is -2.19. The standard InChI is InChI=1S/C47H82O15P2/c1-3-5-7-9-11-13-15-17-18-19-20-21-22-24-26-28-30-32-34-36-47(52)58-38-44(49)40-60-64(55,56)62-42-45(50)41-61-63(53,54)59-39-43(48)37-57-46(51)35-33-31-29-27-25-23-16-14-12-10-8-6-4-2/h6,8,10,12,14,16-18,23,25,27,29,43-45,48-50H,3-5,7,9,11,13,15,19-22,24,26,28,30-42H2,1-2H3,(H,53,54)(H,55,56)/b8-6+,12-10+,16-14-,18-17+,25-23-,29-27+. The average Bonchev–Trinajstić information content (AvgIpc) is 3.27. The van der Waals surface area contributed by atoms with Gasteiger partial charge in [-0.3, -0.25) is 27.7 Å². The third kappa shape index (κ3) is 44.7. The molecular formula is C47H82O15P2. The number of phosphoric acid groups is 2. The second-order valence-corrected chi connectivity index (χ2v) is 18.4. The maximum absolute atomic E-state index is 12.2. The van der Waals surface area contributed by atoms with E-state index in [2.05, 4.69) is 50.2 Å². The van der Waals surface area contributed by atoms with E-state index in [1.165, 1.54) is 83.5 Å². The van der Waals surface area contributed by atoms with E-state index in [-0.39, 0.29) is 12.8 Å². The summed E-state index contributed by atoms with van der Waals surface area (Å²) in [5.41, 5.74) is 0. The van der Waals surface area contributed by atoms with Crippen molar-refractivity contribution in [3.63, 3.8) is 0 Å². The van der Waals surface area contributed by atoms with E-state index < -0.39 is 85.5 Å². The van der Waals surface area contributed by atoms with Crippen LogP contribution >= 0.6 is 15.6 Å². The summed E-state index contributed by atoms with van der Waals surface area (Å²) in [7, 11) is -9.59. The van der Waals surface area contributed by atoms with Crippen molar-refractivity contribution in [2.75, 3.05) is 39.6 Å². The molecule has 64 heavy (non-hydrogen) atoms. The van der Waals surface area contributed by atoms with Crippen LogP contribution in [0.15, 0.2) is 72.9 Å². The Bertz CT molecular complexity index is 1430. The number of hydrogen-bond acceptors (Lipinski definition) is 13. The minimum atomic E-state index is -4.80. The number of rotatable bonds is 44. The molecular weight excluding hydrogens is 866 g/mol. The highest BCUT2D eigenvalue weighted by Gasteiger charge is 2.28. The summed E-state index contributed by atoms with van der Waals surface area (Å²) in [6, 6.07) is 0. The third-order valence-electron chi connectivity index (χ3n) is 9.27. The number of allylic oxidation sites excluding steroid dienone is 12. The van der Waals surface area contributed by atoms with Crippen LogP contribution in [0.2, 0.25) is 0 Å². The summed E-state index contributed by atoms with van der Waals surface area (Å²) in [5.74, 6) is -1.07. The first-order chi connectivity index (χ1) is 30.8. The number of unbranched alkanes of at least 4 members (excludes halogenated alkanes) is 16. The molecule has 0 aromatic carbocycles. The molecule has 0 rings (SSSR count). The van der Waals surface area contributed by atoms with Crippen LogP contribution in [0.3, 0.4) is 0 Å². The van der Waals surface area contributed by atoms with Crippen molar-refractivity contribution in [2.45, 2.75) is 173 Å². The molecule has 0 aliphatic carbocycles. The average molecular weight is 949 g/mol. The van der Waals surface area contributed by atoms with Crippen LogP contribution in [0, 0.1) is 0 Å². The number of phosphoric ester groups is 2. The molecule has 0 radical (unpaired) electrons. The van der Waals surface area contributed by atoms with E-state index in [1.807, 2.05) is 54.7 Å². The molecule has 0 fully saturated rings. The molecule has 0 saturated heterocycles. The van der Waals surface area contributed by atoms with Crippen molar-refractivity contribution in [3.05, 3.63) is 72.9 Å². The Morgan fingerprint density at radius 1 is 0.422 bits per heavy atom. The lowest BCUT2D eigenvalue weighted by Crippen LogP contribution is -2.25. The Kier molecular flexibility index (Phi) is 41.4. The summed E-state index contributed by atoms with van der Waals surface area (Å²) in [4.78, 5) is 43.7. The van der Waals surface area contributed by atoms with Gasteiger partial charge < -0.3 is 34.6 Å². The van der Waals surface area contributed by atoms with Crippen LogP contribution in [-0.2, 0) is 46.3 Å². The van der Waals surface area contributed by atoms with Crippen molar-refractivity contribution in [1.29, 1.82) is 0 Å². The number of aliphatic hydroxyl groups is 3. The van der Waals surface area contributed by atoms with Gasteiger partial charge in [0.25, 0.3) is 0 Å². The highest BCUT2D eigenvalue weighted by atomic mass is 31.2. The predicted octanol–water partition coefficient (Wildman–Crippen LogP) is 10.4. The first kappa shape index (κ1) is 61.5. The van der Waals surface area contributed by atoms with Gasteiger partial charge in [0.2, 0.25) is 0 Å². The fourth-order valence-corrected chi connectivity index (χ4v) is 7.24. The number of aliphatic hydroxyl groups excluding tert-OH is 3. The monoisotopic (exact) mass is 949 g/mol. The van der Waals surface area contributed by atoms with Gasteiger partial charge in [-0.15, -0.1) is 0 Å². The van der Waals surface area contributed by atoms with Gasteiger partial charge in [0.05, 0.1) is 26.4 Å². The number of carbonyl (C=O) groups is 2. The molecule has 5 unspecified atom stereocenters. The van der Waals surface area contributed by atoms with Crippen molar-refractivity contribution in [1.82, 2.24) is 0 Å². The third-order valence-corrected chi connectivity index (χ3v) is 11.2. The summed E-state index contributed by atoms with van der Waals surface area (Å²) in [6.07, 6.45) is 42.0. The van der Waals surface area contributed by atoms with Crippen LogP contribution < -0.4 is 0 Å². The first-order valence-corrected chi connectivity index (χ1v) is 26.3. The van der Waals surface area contributed by atoms with E-state index in [9.17, 15) is 43.8 Å². The highest BCUT2D eigenvalue weighted by Crippen LogP contribution is 2.45. The quantitative estimate of drug-likeness (QED) is 0.0126. The maximum atomic E-state index is 12.2. The normalized spacial score (nSPS) is 15.8. The summed E-state index contributed by atoms with van der Waals surface area (Å²) < 4.78 is 52.8. The van der Waals surface area contributed by atoms with E-state index in [0.717, 1.165) is 25.7 Å². The zero-order valence-corrected chi connectivity index (χ0v) is 40.5. The zero-order valence-electron chi connectivity index (χ0n) is 38.7. The number of esters is 2. The van der Waals surface area contributed by atoms with Gasteiger partial charge in [-0.05, 0) is 51.4 Å². The molecule has 0 spiro atoms. The zero-order chi connectivity index (χ0) is 47.4. The molecule has 15 nitrogen and oxygen atoms in total. The Morgan fingerprint density at radius 3 is 1.17 bits per heavy atom. The number of ether oxygens (including phenoxy) is 2. The minimum Gasteiger partial charge on any atom is -0.463 e. The van der Waals surface area contributed by atoms with Gasteiger partial charge >= 0.3 is 27.6 Å². The Labute approximate surface area is 383 Å². The van der Waals surface area contributed by atoms with E-state index in [4.69, 9.17) is 9.47 Å². The van der Waals surface area contributed by atoms with Gasteiger partial charge in [0, 0.05) is 12.8 Å². The van der Waals surface area contributed by atoms with E-state index >= 15 is 0 Å². The van der Waals surface area contributed by atoms with E-state index in [0.29, 0.717) is 19.3 Å². The summed E-state index contributed by atoms with van der Waals surface area (Å²) in [5, 5.41) is 30.0. The Balaban J connectivity index is 3.94. The van der Waals surface area contributed by atoms with Gasteiger partial charge in [-0.1, -0.05) is 164 Å².